The Hall–Kier alpha value is -4.61. The number of aromatic amines is 2. The van der Waals surface area contributed by atoms with E-state index in [2.05, 4.69) is 86.7 Å². The molecule has 4 heterocycles. The number of aromatic nitrogens is 4. The molecule has 1 amide bonds. The fraction of sp³-hybridized carbons (Fsp3) is 0.378. The van der Waals surface area contributed by atoms with Crippen LogP contribution in [0.15, 0.2) is 60.8 Å². The minimum Gasteiger partial charge on any atom is -0.444 e. The molecule has 3 aromatic carbocycles. The van der Waals surface area contributed by atoms with E-state index in [0.717, 1.165) is 74.6 Å². The molecule has 3 N–H and O–H groups in total. The van der Waals surface area contributed by atoms with Crippen LogP contribution in [0.5, 0.6) is 0 Å². The van der Waals surface area contributed by atoms with Crippen molar-refractivity contribution in [3.8, 4) is 23.1 Å². The van der Waals surface area contributed by atoms with Crippen LogP contribution >= 0.6 is 0 Å². The van der Waals surface area contributed by atoms with Gasteiger partial charge in [-0.2, -0.15) is 0 Å². The van der Waals surface area contributed by atoms with Crippen LogP contribution in [0, 0.1) is 23.7 Å². The molecule has 226 valence electrons. The number of nitrogens with one attached hydrogen (secondary N) is 3. The SMILES string of the molecule is CC(C)(C)OC(=O)N1C2CC2C[C@H]1c1nc2c(ccc3cc(C#Cc4ccc(-c5cnc([C@@H]6CC7CC7N6)[nH]5)cc4)ccc32)[nH]1. The zero-order valence-corrected chi connectivity index (χ0v) is 25.7. The van der Waals surface area contributed by atoms with Gasteiger partial charge in [-0.3, -0.25) is 4.90 Å². The van der Waals surface area contributed by atoms with E-state index >= 15 is 0 Å². The molecule has 2 saturated carbocycles. The van der Waals surface area contributed by atoms with E-state index in [9.17, 15) is 4.79 Å². The molecule has 6 atom stereocenters. The second-order valence-corrected chi connectivity index (χ2v) is 14.3. The number of amides is 1. The van der Waals surface area contributed by atoms with Crippen molar-refractivity contribution in [2.75, 3.05) is 0 Å². The maximum atomic E-state index is 13.1. The number of likely N-dealkylation sites (tertiary alicyclic amines) is 1. The van der Waals surface area contributed by atoms with Gasteiger partial charge in [0.15, 0.2) is 0 Å². The van der Waals surface area contributed by atoms with Crippen LogP contribution in [0.2, 0.25) is 0 Å². The summed E-state index contributed by atoms with van der Waals surface area (Å²) in [6.45, 7) is 5.74. The van der Waals surface area contributed by atoms with Gasteiger partial charge in [-0.1, -0.05) is 36.1 Å². The molecule has 4 aliphatic rings. The fourth-order valence-corrected chi connectivity index (χ4v) is 7.40. The Labute approximate surface area is 262 Å². The minimum atomic E-state index is -0.528. The first kappa shape index (κ1) is 26.8. The summed E-state index contributed by atoms with van der Waals surface area (Å²) in [4.78, 5) is 31.7. The molecule has 2 aliphatic heterocycles. The second kappa shape index (κ2) is 9.69. The number of carbonyl (C=O) groups is 1. The van der Waals surface area contributed by atoms with Crippen LogP contribution in [0.3, 0.4) is 0 Å². The van der Waals surface area contributed by atoms with Crippen LogP contribution in [0.25, 0.3) is 33.1 Å². The minimum absolute atomic E-state index is 0.0901. The molecule has 4 unspecified atom stereocenters. The molecule has 9 rings (SSSR count). The summed E-state index contributed by atoms with van der Waals surface area (Å²) in [5, 5.41) is 5.82. The average Bonchev–Trinajstić information content (AvgIpc) is 3.60. The van der Waals surface area contributed by atoms with E-state index in [1.54, 1.807) is 0 Å². The first-order chi connectivity index (χ1) is 21.8. The van der Waals surface area contributed by atoms with Crippen LogP contribution in [0.1, 0.15) is 81.3 Å². The number of H-pyrrole nitrogens is 2. The van der Waals surface area contributed by atoms with E-state index < -0.39 is 5.60 Å². The maximum Gasteiger partial charge on any atom is 0.411 e. The zero-order valence-electron chi connectivity index (χ0n) is 25.7. The van der Waals surface area contributed by atoms with Crippen molar-refractivity contribution in [1.82, 2.24) is 30.2 Å². The molecule has 2 aromatic heterocycles. The first-order valence-corrected chi connectivity index (χ1v) is 16.1. The Morgan fingerprint density at radius 1 is 0.911 bits per heavy atom. The summed E-state index contributed by atoms with van der Waals surface area (Å²) in [5.74, 6) is 9.92. The summed E-state index contributed by atoms with van der Waals surface area (Å²) < 4.78 is 5.76. The Balaban J connectivity index is 0.930. The van der Waals surface area contributed by atoms with E-state index in [1.165, 1.54) is 12.8 Å². The molecule has 8 heteroatoms. The lowest BCUT2D eigenvalue weighted by Crippen LogP contribution is -2.38. The number of ether oxygens (including phenoxy) is 1. The lowest BCUT2D eigenvalue weighted by atomic mass is 10.1. The number of rotatable bonds is 3. The molecule has 0 bridgehead atoms. The second-order valence-electron chi connectivity index (χ2n) is 14.3. The molecule has 2 aliphatic carbocycles. The Kier molecular flexibility index (Phi) is 5.76. The summed E-state index contributed by atoms with van der Waals surface area (Å²) in [6.07, 6.45) is 6.16. The summed E-state index contributed by atoms with van der Waals surface area (Å²) in [7, 11) is 0. The molecule has 8 nitrogen and oxygen atoms in total. The fourth-order valence-electron chi connectivity index (χ4n) is 7.40. The van der Waals surface area contributed by atoms with Crippen LogP contribution in [0.4, 0.5) is 4.79 Å². The Morgan fingerprint density at radius 3 is 2.53 bits per heavy atom. The van der Waals surface area contributed by atoms with Crippen LogP contribution < -0.4 is 5.32 Å². The predicted octanol–water partition coefficient (Wildman–Crippen LogP) is 7.00. The van der Waals surface area contributed by atoms with Crippen molar-refractivity contribution >= 4 is 27.9 Å². The predicted molar refractivity (Wildman–Crippen MR) is 173 cm³/mol. The highest BCUT2D eigenvalue weighted by atomic mass is 16.6. The lowest BCUT2D eigenvalue weighted by Gasteiger charge is -2.29. The molecular formula is C37H36N6O2. The first-order valence-electron chi connectivity index (χ1n) is 16.1. The molecule has 0 spiro atoms. The number of carbonyl (C=O) groups excluding carboxylic acids is 1. The highest BCUT2D eigenvalue weighted by molar-refractivity contribution is 6.04. The molecule has 2 saturated heterocycles. The summed E-state index contributed by atoms with van der Waals surface area (Å²) in [6, 6.07) is 20.0. The van der Waals surface area contributed by atoms with E-state index in [-0.39, 0.29) is 18.2 Å². The number of nitrogens with zero attached hydrogens (tertiary/aromatic N) is 3. The van der Waals surface area contributed by atoms with Gasteiger partial charge in [0.05, 0.1) is 35.0 Å². The zero-order chi connectivity index (χ0) is 30.4. The highest BCUT2D eigenvalue weighted by Gasteiger charge is 2.56. The third-order valence-electron chi connectivity index (χ3n) is 9.86. The van der Waals surface area contributed by atoms with Gasteiger partial charge < -0.3 is 20.0 Å². The van der Waals surface area contributed by atoms with Crippen molar-refractivity contribution in [3.05, 3.63) is 83.6 Å². The van der Waals surface area contributed by atoms with Crippen LogP contribution in [-0.2, 0) is 4.74 Å². The van der Waals surface area contributed by atoms with Crippen molar-refractivity contribution in [2.24, 2.45) is 11.8 Å². The van der Waals surface area contributed by atoms with Crippen molar-refractivity contribution in [2.45, 2.75) is 76.2 Å². The van der Waals surface area contributed by atoms with Gasteiger partial charge in [0, 0.05) is 28.6 Å². The summed E-state index contributed by atoms with van der Waals surface area (Å²) in [5.41, 5.74) is 5.43. The molecule has 5 aromatic rings. The normalized spacial score (nSPS) is 26.4. The van der Waals surface area contributed by atoms with Gasteiger partial charge in [-0.25, -0.2) is 14.8 Å². The lowest BCUT2D eigenvalue weighted by molar-refractivity contribution is 0.0175. The van der Waals surface area contributed by atoms with Gasteiger partial charge >= 0.3 is 6.09 Å². The molecule has 0 radical (unpaired) electrons. The monoisotopic (exact) mass is 596 g/mol. The van der Waals surface area contributed by atoms with Gasteiger partial charge in [0.1, 0.15) is 17.2 Å². The third kappa shape index (κ3) is 4.87. The molecule has 45 heavy (non-hydrogen) atoms. The van der Waals surface area contributed by atoms with Crippen molar-refractivity contribution in [1.29, 1.82) is 0 Å². The smallest absolute Gasteiger partial charge is 0.411 e. The third-order valence-corrected chi connectivity index (χ3v) is 9.86. The number of benzene rings is 3. The van der Waals surface area contributed by atoms with E-state index in [0.29, 0.717) is 18.0 Å². The van der Waals surface area contributed by atoms with Gasteiger partial charge in [0.25, 0.3) is 0 Å². The van der Waals surface area contributed by atoms with Crippen molar-refractivity contribution < 1.29 is 9.53 Å². The van der Waals surface area contributed by atoms with Gasteiger partial charge in [-0.15, -0.1) is 0 Å². The maximum absolute atomic E-state index is 13.1. The van der Waals surface area contributed by atoms with Gasteiger partial charge in [-0.05, 0) is 99.6 Å². The van der Waals surface area contributed by atoms with E-state index in [4.69, 9.17) is 9.72 Å². The quantitative estimate of drug-likeness (QED) is 0.195. The van der Waals surface area contributed by atoms with Gasteiger partial charge in [0.2, 0.25) is 0 Å². The highest BCUT2D eigenvalue weighted by Crippen LogP contribution is 2.53. The summed E-state index contributed by atoms with van der Waals surface area (Å²) >= 11 is 0. The number of fused-ring (bicyclic) bond motifs is 5. The Bertz CT molecular complexity index is 2030. The molecular weight excluding hydrogens is 560 g/mol. The standard InChI is InChI=1S/C37H36N6O2/c1-37(2,3)45-36(44)43-31-17-25(31)18-32(43)35-40-27-13-11-23-14-21(8-12-26(23)33(27)42-35)5-4-20-6-9-22(10-7-20)30-19-38-34(41-30)29-16-24-15-28(24)39-29/h6-14,19,24-25,28-29,31-32,39H,15-18H2,1-3H3,(H,38,41)(H,40,42)/t24?,25?,28?,29-,31?,32-/m0/s1. The Morgan fingerprint density at radius 2 is 1.73 bits per heavy atom. The average molecular weight is 597 g/mol. The number of piperidine rings is 2. The largest absolute Gasteiger partial charge is 0.444 e. The topological polar surface area (TPSA) is 98.9 Å². The van der Waals surface area contributed by atoms with Crippen LogP contribution in [-0.4, -0.2) is 48.6 Å². The number of imidazole rings is 2. The van der Waals surface area contributed by atoms with E-state index in [1.807, 2.05) is 31.9 Å². The van der Waals surface area contributed by atoms with Crippen molar-refractivity contribution in [3.63, 3.8) is 0 Å². The number of hydrogen-bond donors (Lipinski definition) is 3. The molecule has 4 fully saturated rings. The number of hydrogen-bond acceptors (Lipinski definition) is 5.